The number of methoxy groups -OCH3 is 1. The molecule has 7 heteroatoms. The summed E-state index contributed by atoms with van der Waals surface area (Å²) in [5.41, 5.74) is 1.10. The largest absolute Gasteiger partial charge is 0.497 e. The minimum atomic E-state index is -3.94. The van der Waals surface area contributed by atoms with Crippen LogP contribution in [0.5, 0.6) is 11.5 Å². The molecule has 1 N–H and O–H groups in total. The minimum Gasteiger partial charge on any atom is -0.497 e. The van der Waals surface area contributed by atoms with E-state index in [9.17, 15) is 13.2 Å². The number of hydrogen-bond acceptors (Lipinski definition) is 5. The fourth-order valence-electron chi connectivity index (χ4n) is 2.46. The number of Topliss-reactive ketones (excluding diaryl/α,β-unsaturated/α-hetero) is 1. The van der Waals surface area contributed by atoms with Gasteiger partial charge in [0.2, 0.25) is 0 Å². The second-order valence-electron chi connectivity index (χ2n) is 5.10. The molecule has 23 heavy (non-hydrogen) atoms. The molecule has 1 heterocycles. The van der Waals surface area contributed by atoms with E-state index in [4.69, 9.17) is 8.92 Å². The van der Waals surface area contributed by atoms with Crippen molar-refractivity contribution in [3.63, 3.8) is 0 Å². The minimum absolute atomic E-state index is 0.00717. The molecule has 2 aromatic rings. The van der Waals surface area contributed by atoms with E-state index in [0.717, 1.165) is 0 Å². The van der Waals surface area contributed by atoms with Crippen LogP contribution < -0.4 is 13.6 Å². The number of ketones is 1. The Hall–Kier alpha value is -2.38. The van der Waals surface area contributed by atoms with E-state index in [0.29, 0.717) is 16.9 Å². The molecule has 1 atom stereocenters. The van der Waals surface area contributed by atoms with E-state index in [-0.39, 0.29) is 18.0 Å². The molecule has 120 valence electrons. The molecule has 0 radical (unpaired) electrons. The number of benzene rings is 2. The van der Waals surface area contributed by atoms with E-state index in [1.165, 1.54) is 13.2 Å². The van der Waals surface area contributed by atoms with Gasteiger partial charge in [0.25, 0.3) is 0 Å². The summed E-state index contributed by atoms with van der Waals surface area (Å²) < 4.78 is 36.1. The van der Waals surface area contributed by atoms with Crippen molar-refractivity contribution in [2.75, 3.05) is 7.11 Å². The average molecular weight is 333 g/mol. The van der Waals surface area contributed by atoms with Crippen LogP contribution in [0.4, 0.5) is 0 Å². The van der Waals surface area contributed by atoms with E-state index < -0.39 is 16.3 Å². The molecule has 0 saturated heterocycles. The van der Waals surface area contributed by atoms with Crippen LogP contribution in [-0.4, -0.2) is 21.3 Å². The number of carbonyl (C=O) groups excluding carboxylic acids is 1. The van der Waals surface area contributed by atoms with Gasteiger partial charge in [0.15, 0.2) is 5.78 Å². The van der Waals surface area contributed by atoms with Crippen molar-refractivity contribution < 1.29 is 22.1 Å². The quantitative estimate of drug-likeness (QED) is 0.868. The molecule has 0 spiro atoms. The Morgan fingerprint density at radius 3 is 2.65 bits per heavy atom. The first kappa shape index (κ1) is 15.5. The van der Waals surface area contributed by atoms with Crippen LogP contribution >= 0.6 is 0 Å². The number of carbonyl (C=O) groups is 1. The van der Waals surface area contributed by atoms with Crippen LogP contribution in [0, 0.1) is 0 Å². The summed E-state index contributed by atoms with van der Waals surface area (Å²) >= 11 is 0. The molecule has 2 aromatic carbocycles. The van der Waals surface area contributed by atoms with Gasteiger partial charge in [0, 0.05) is 17.5 Å². The summed E-state index contributed by atoms with van der Waals surface area (Å²) in [5.74, 6) is 0.606. The average Bonchev–Trinajstić information content (AvgIpc) is 2.54. The van der Waals surface area contributed by atoms with Gasteiger partial charge in [-0.25, -0.2) is 0 Å². The topological polar surface area (TPSA) is 81.7 Å². The predicted octanol–water partition coefficient (Wildman–Crippen LogP) is 2.24. The smallest absolute Gasteiger partial charge is 0.383 e. The van der Waals surface area contributed by atoms with Crippen LogP contribution in [0.15, 0.2) is 48.5 Å². The van der Waals surface area contributed by atoms with Crippen LogP contribution in [0.2, 0.25) is 0 Å². The zero-order valence-electron chi connectivity index (χ0n) is 12.4. The van der Waals surface area contributed by atoms with E-state index in [2.05, 4.69) is 4.72 Å². The van der Waals surface area contributed by atoms with E-state index >= 15 is 0 Å². The van der Waals surface area contributed by atoms with Gasteiger partial charge in [0.1, 0.15) is 11.5 Å². The molecule has 1 aliphatic rings. The monoisotopic (exact) mass is 333 g/mol. The lowest BCUT2D eigenvalue weighted by Crippen LogP contribution is -2.37. The third kappa shape index (κ3) is 3.35. The highest BCUT2D eigenvalue weighted by Gasteiger charge is 2.32. The normalized spacial score (nSPS) is 18.6. The van der Waals surface area contributed by atoms with Crippen LogP contribution in [0.1, 0.15) is 28.4 Å². The molecule has 1 unspecified atom stereocenters. The summed E-state index contributed by atoms with van der Waals surface area (Å²) in [6.45, 7) is 0. The van der Waals surface area contributed by atoms with E-state index in [1.807, 2.05) is 6.07 Å². The molecule has 6 nitrogen and oxygen atoms in total. The Morgan fingerprint density at radius 1 is 1.22 bits per heavy atom. The SMILES string of the molecule is COc1ccc2c(c1)C(CC(=O)c1ccccc1)NS(=O)(=O)O2. The number of fused-ring (bicyclic) bond motifs is 1. The van der Waals surface area contributed by atoms with Crippen molar-refractivity contribution in [3.05, 3.63) is 59.7 Å². The highest BCUT2D eigenvalue weighted by Crippen LogP contribution is 2.36. The van der Waals surface area contributed by atoms with Gasteiger partial charge in [0.05, 0.1) is 13.2 Å². The molecule has 1 aliphatic heterocycles. The highest BCUT2D eigenvalue weighted by atomic mass is 32.2. The third-order valence-corrected chi connectivity index (χ3v) is 4.54. The lowest BCUT2D eigenvalue weighted by Gasteiger charge is -2.26. The van der Waals surface area contributed by atoms with Gasteiger partial charge in [-0.2, -0.15) is 13.1 Å². The second-order valence-corrected chi connectivity index (χ2v) is 6.42. The number of hydrogen-bond donors (Lipinski definition) is 1. The Bertz CT molecular complexity index is 833. The summed E-state index contributed by atoms with van der Waals surface area (Å²) in [7, 11) is -2.42. The van der Waals surface area contributed by atoms with Gasteiger partial charge >= 0.3 is 10.3 Å². The van der Waals surface area contributed by atoms with Crippen molar-refractivity contribution in [1.82, 2.24) is 4.72 Å². The summed E-state index contributed by atoms with van der Waals surface area (Å²) in [5, 5.41) is 0. The Labute approximate surface area is 134 Å². The molecular formula is C16H15NO5S. The summed E-state index contributed by atoms with van der Waals surface area (Å²) in [4.78, 5) is 12.4. The van der Waals surface area contributed by atoms with Crippen molar-refractivity contribution in [2.24, 2.45) is 0 Å². The molecule has 3 rings (SSSR count). The zero-order chi connectivity index (χ0) is 16.4. The standard InChI is InChI=1S/C16H15NO5S/c1-21-12-7-8-16-13(9-12)14(17-23(19,20)22-16)10-15(18)11-5-3-2-4-6-11/h2-9,14,17H,10H2,1H3. The van der Waals surface area contributed by atoms with Crippen LogP contribution in [0.25, 0.3) is 0 Å². The van der Waals surface area contributed by atoms with Gasteiger partial charge in [-0.05, 0) is 18.2 Å². The number of nitrogens with one attached hydrogen (secondary N) is 1. The van der Waals surface area contributed by atoms with Gasteiger partial charge in [-0.3, -0.25) is 4.79 Å². The lowest BCUT2D eigenvalue weighted by atomic mass is 9.97. The van der Waals surface area contributed by atoms with Crippen molar-refractivity contribution >= 4 is 16.1 Å². The maximum Gasteiger partial charge on any atom is 0.383 e. The van der Waals surface area contributed by atoms with Gasteiger partial charge in [-0.1, -0.05) is 30.3 Å². The second kappa shape index (κ2) is 6.02. The number of ether oxygens (including phenoxy) is 1. The molecule has 0 amide bonds. The Balaban J connectivity index is 1.94. The Kier molecular flexibility index (Phi) is 4.06. The Morgan fingerprint density at radius 2 is 1.96 bits per heavy atom. The molecular weight excluding hydrogens is 318 g/mol. The maximum absolute atomic E-state index is 12.4. The van der Waals surface area contributed by atoms with Gasteiger partial charge < -0.3 is 8.92 Å². The van der Waals surface area contributed by atoms with Crippen molar-refractivity contribution in [1.29, 1.82) is 0 Å². The van der Waals surface area contributed by atoms with Crippen LogP contribution in [-0.2, 0) is 10.3 Å². The summed E-state index contributed by atoms with van der Waals surface area (Å²) in [6, 6.07) is 12.8. The molecule has 0 bridgehead atoms. The highest BCUT2D eigenvalue weighted by molar-refractivity contribution is 7.85. The molecule has 0 saturated carbocycles. The first-order valence-electron chi connectivity index (χ1n) is 6.96. The third-order valence-electron chi connectivity index (χ3n) is 3.56. The molecule has 0 aromatic heterocycles. The maximum atomic E-state index is 12.4. The number of rotatable bonds is 4. The van der Waals surface area contributed by atoms with Gasteiger partial charge in [-0.15, -0.1) is 0 Å². The van der Waals surface area contributed by atoms with E-state index in [1.54, 1.807) is 36.4 Å². The molecule has 0 aliphatic carbocycles. The molecule has 0 fully saturated rings. The first-order valence-corrected chi connectivity index (χ1v) is 8.37. The fraction of sp³-hybridized carbons (Fsp3) is 0.188. The first-order chi connectivity index (χ1) is 11.0. The fourth-order valence-corrected chi connectivity index (χ4v) is 3.46. The zero-order valence-corrected chi connectivity index (χ0v) is 13.2. The predicted molar refractivity (Wildman–Crippen MR) is 83.8 cm³/mol. The summed E-state index contributed by atoms with van der Waals surface area (Å²) in [6.07, 6.45) is -0.00717. The van der Waals surface area contributed by atoms with Crippen molar-refractivity contribution in [3.8, 4) is 11.5 Å². The van der Waals surface area contributed by atoms with Crippen molar-refractivity contribution in [2.45, 2.75) is 12.5 Å². The lowest BCUT2D eigenvalue weighted by molar-refractivity contribution is 0.0971. The van der Waals surface area contributed by atoms with Crippen LogP contribution in [0.3, 0.4) is 0 Å².